The second-order valence-electron chi connectivity index (χ2n) is 7.82. The Kier molecular flexibility index (Phi) is 6.60. The summed E-state index contributed by atoms with van der Waals surface area (Å²) in [4.78, 5) is 11.2. The quantitative estimate of drug-likeness (QED) is 0.550. The number of rotatable bonds is 6. The Labute approximate surface area is 194 Å². The molecule has 0 bridgehead atoms. The molecule has 1 aliphatic heterocycles. The van der Waals surface area contributed by atoms with E-state index in [1.165, 1.54) is 0 Å². The predicted octanol–water partition coefficient (Wildman–Crippen LogP) is 4.00. The Balaban J connectivity index is 1.61. The third-order valence-corrected chi connectivity index (χ3v) is 5.56. The van der Waals surface area contributed by atoms with Crippen molar-refractivity contribution in [1.82, 2.24) is 14.5 Å². The van der Waals surface area contributed by atoms with E-state index in [0.717, 1.165) is 29.1 Å². The molecule has 2 aromatic carbocycles. The highest BCUT2D eigenvalue weighted by molar-refractivity contribution is 5.96. The van der Waals surface area contributed by atoms with Gasteiger partial charge in [0.2, 0.25) is 0 Å². The molecule has 1 unspecified atom stereocenters. The molecule has 3 aromatic rings. The Morgan fingerprint density at radius 2 is 1.88 bits per heavy atom. The van der Waals surface area contributed by atoms with Gasteiger partial charge in [-0.1, -0.05) is 17.3 Å². The molecule has 0 fully saturated rings. The number of likely N-dealkylation sites (N-methyl/N-ethyl adjacent to an activating group) is 1. The van der Waals surface area contributed by atoms with E-state index < -0.39 is 36.2 Å². The molecule has 0 spiro atoms. The molecule has 1 aromatic heterocycles. The summed E-state index contributed by atoms with van der Waals surface area (Å²) >= 11 is 0. The first kappa shape index (κ1) is 23.4. The summed E-state index contributed by atoms with van der Waals surface area (Å²) in [7, 11) is 3.22. The van der Waals surface area contributed by atoms with Gasteiger partial charge in [0.25, 0.3) is 0 Å². The van der Waals surface area contributed by atoms with Crippen molar-refractivity contribution in [3.8, 4) is 11.4 Å². The van der Waals surface area contributed by atoms with Crippen molar-refractivity contribution >= 4 is 11.9 Å². The standard InChI is InChI=1S/C24H23F3N4O3/c1-14-11-31(13-28-14)19-6-4-15(8-20(19)33-3)5-7-22-29-34-21(12-32)24(30(22)2)16-9-17(25)23(27)18(26)10-16/h4-11,13,21,24,32H,12H2,1-3H3/t21?,24-/m0/s1. The van der Waals surface area contributed by atoms with E-state index in [1.807, 2.05) is 35.9 Å². The molecule has 10 heteroatoms. The molecule has 178 valence electrons. The molecule has 2 atom stereocenters. The number of amidine groups is 1. The molecular formula is C24H23F3N4O3. The maximum Gasteiger partial charge on any atom is 0.194 e. The van der Waals surface area contributed by atoms with E-state index in [9.17, 15) is 18.3 Å². The number of aliphatic hydroxyl groups is 1. The number of nitrogens with zero attached hydrogens (tertiary/aromatic N) is 4. The number of aryl methyl sites for hydroxylation is 1. The highest BCUT2D eigenvalue weighted by atomic mass is 19.2. The van der Waals surface area contributed by atoms with E-state index in [4.69, 9.17) is 9.57 Å². The zero-order valence-electron chi connectivity index (χ0n) is 18.7. The molecule has 0 radical (unpaired) electrons. The molecule has 4 rings (SSSR count). The van der Waals surface area contributed by atoms with Crippen LogP contribution >= 0.6 is 0 Å². The van der Waals surface area contributed by atoms with Crippen LogP contribution in [0.15, 0.2) is 54.1 Å². The fourth-order valence-electron chi connectivity index (χ4n) is 3.84. The summed E-state index contributed by atoms with van der Waals surface area (Å²) in [6.45, 7) is 1.44. The van der Waals surface area contributed by atoms with Crippen LogP contribution in [0, 0.1) is 24.4 Å². The van der Waals surface area contributed by atoms with E-state index in [2.05, 4.69) is 10.1 Å². The van der Waals surface area contributed by atoms with E-state index in [0.29, 0.717) is 11.6 Å². The van der Waals surface area contributed by atoms with Gasteiger partial charge in [-0.05, 0) is 48.4 Å². The van der Waals surface area contributed by atoms with Crippen molar-refractivity contribution in [3.05, 3.63) is 83.2 Å². The largest absolute Gasteiger partial charge is 0.495 e. The highest BCUT2D eigenvalue weighted by Crippen LogP contribution is 2.32. The fourth-order valence-corrected chi connectivity index (χ4v) is 3.84. The number of hydrogen-bond acceptors (Lipinski definition) is 6. The van der Waals surface area contributed by atoms with Crippen LogP contribution in [-0.4, -0.2) is 52.3 Å². The van der Waals surface area contributed by atoms with E-state index >= 15 is 0 Å². The van der Waals surface area contributed by atoms with Crippen LogP contribution in [-0.2, 0) is 4.84 Å². The zero-order valence-corrected chi connectivity index (χ0v) is 18.7. The first-order valence-electron chi connectivity index (χ1n) is 10.4. The number of hydrogen-bond donors (Lipinski definition) is 1. The van der Waals surface area contributed by atoms with Crippen LogP contribution < -0.4 is 4.74 Å². The number of ether oxygens (including phenoxy) is 1. The summed E-state index contributed by atoms with van der Waals surface area (Å²) in [6.07, 6.45) is 6.11. The molecule has 34 heavy (non-hydrogen) atoms. The van der Waals surface area contributed by atoms with Gasteiger partial charge in [0.15, 0.2) is 29.4 Å². The number of oxime groups is 1. The average molecular weight is 472 g/mol. The maximum absolute atomic E-state index is 13.8. The summed E-state index contributed by atoms with van der Waals surface area (Å²) in [5, 5.41) is 13.7. The Bertz CT molecular complexity index is 1240. The summed E-state index contributed by atoms with van der Waals surface area (Å²) in [6, 6.07) is 6.58. The lowest BCUT2D eigenvalue weighted by Gasteiger charge is -2.37. The maximum atomic E-state index is 13.8. The lowest BCUT2D eigenvalue weighted by Crippen LogP contribution is -2.43. The number of imidazole rings is 1. The third-order valence-electron chi connectivity index (χ3n) is 5.56. The average Bonchev–Trinajstić information content (AvgIpc) is 3.26. The number of aliphatic hydroxyl groups excluding tert-OH is 1. The zero-order chi connectivity index (χ0) is 24.4. The van der Waals surface area contributed by atoms with Gasteiger partial charge in [0, 0.05) is 13.2 Å². The van der Waals surface area contributed by atoms with Crippen molar-refractivity contribution < 1.29 is 27.9 Å². The molecule has 2 heterocycles. The van der Waals surface area contributed by atoms with Crippen molar-refractivity contribution in [3.63, 3.8) is 0 Å². The van der Waals surface area contributed by atoms with Crippen LogP contribution in [0.1, 0.15) is 22.9 Å². The molecule has 0 saturated carbocycles. The second kappa shape index (κ2) is 9.60. The minimum Gasteiger partial charge on any atom is -0.495 e. The van der Waals surface area contributed by atoms with Crippen LogP contribution in [0.25, 0.3) is 11.8 Å². The van der Waals surface area contributed by atoms with Gasteiger partial charge in [0.05, 0.1) is 37.5 Å². The highest BCUT2D eigenvalue weighted by Gasteiger charge is 2.35. The number of benzene rings is 2. The fraction of sp³-hybridized carbons (Fsp3) is 0.250. The van der Waals surface area contributed by atoms with Gasteiger partial charge in [-0.15, -0.1) is 0 Å². The molecule has 0 amide bonds. The number of aromatic nitrogens is 2. The van der Waals surface area contributed by atoms with Gasteiger partial charge in [-0.2, -0.15) is 0 Å². The SMILES string of the molecule is COc1cc(C=CC2=NOC(CO)[C@H](c3cc(F)c(F)c(F)c3)N2C)ccc1-n1cnc(C)c1. The molecule has 1 N–H and O–H groups in total. The topological polar surface area (TPSA) is 72.1 Å². The molecule has 7 nitrogen and oxygen atoms in total. The van der Waals surface area contributed by atoms with Gasteiger partial charge in [0.1, 0.15) is 5.75 Å². The Morgan fingerprint density at radius 1 is 1.15 bits per heavy atom. The molecule has 0 aliphatic carbocycles. The van der Waals surface area contributed by atoms with Crippen molar-refractivity contribution in [2.75, 3.05) is 20.8 Å². The number of halogens is 3. The minimum absolute atomic E-state index is 0.111. The van der Waals surface area contributed by atoms with E-state index in [1.54, 1.807) is 37.5 Å². The normalized spacial score (nSPS) is 18.2. The van der Waals surface area contributed by atoms with Gasteiger partial charge in [-0.3, -0.25) is 0 Å². The monoisotopic (exact) mass is 472 g/mol. The second-order valence-corrected chi connectivity index (χ2v) is 7.82. The van der Waals surface area contributed by atoms with Crippen LogP contribution in [0.2, 0.25) is 0 Å². The lowest BCUT2D eigenvalue weighted by molar-refractivity contribution is -0.0426. The smallest absolute Gasteiger partial charge is 0.194 e. The van der Waals surface area contributed by atoms with Gasteiger partial charge in [-0.25, -0.2) is 18.2 Å². The summed E-state index contributed by atoms with van der Waals surface area (Å²) < 4.78 is 48.5. The van der Waals surface area contributed by atoms with Crippen molar-refractivity contribution in [2.24, 2.45) is 5.16 Å². The molecular weight excluding hydrogens is 449 g/mol. The van der Waals surface area contributed by atoms with Gasteiger partial charge < -0.3 is 24.1 Å². The van der Waals surface area contributed by atoms with E-state index in [-0.39, 0.29) is 5.56 Å². The van der Waals surface area contributed by atoms with Gasteiger partial charge >= 0.3 is 0 Å². The number of methoxy groups -OCH3 is 1. The van der Waals surface area contributed by atoms with Crippen LogP contribution in [0.5, 0.6) is 5.75 Å². The van der Waals surface area contributed by atoms with Crippen LogP contribution in [0.3, 0.4) is 0 Å². The molecule has 0 saturated heterocycles. The Hall–Kier alpha value is -3.79. The van der Waals surface area contributed by atoms with Crippen molar-refractivity contribution in [1.29, 1.82) is 0 Å². The summed E-state index contributed by atoms with van der Waals surface area (Å²) in [5.74, 6) is -3.22. The first-order valence-corrected chi connectivity index (χ1v) is 10.4. The predicted molar refractivity (Wildman–Crippen MR) is 120 cm³/mol. The lowest BCUT2D eigenvalue weighted by atomic mass is 9.99. The first-order chi connectivity index (χ1) is 16.3. The van der Waals surface area contributed by atoms with Crippen molar-refractivity contribution in [2.45, 2.75) is 19.1 Å². The minimum atomic E-state index is -1.55. The Morgan fingerprint density at radius 3 is 2.50 bits per heavy atom. The van der Waals surface area contributed by atoms with Crippen LogP contribution in [0.4, 0.5) is 13.2 Å². The molecule has 1 aliphatic rings. The third kappa shape index (κ3) is 4.49. The summed E-state index contributed by atoms with van der Waals surface area (Å²) in [5.41, 5.74) is 2.61.